The van der Waals surface area contributed by atoms with Crippen LogP contribution in [0.3, 0.4) is 0 Å². The number of hydrogen-bond donors (Lipinski definition) is 2. The molecule has 0 aliphatic carbocycles. The molecule has 3 N–H and O–H groups in total. The van der Waals surface area contributed by atoms with Crippen LogP contribution >= 0.6 is 0 Å². The van der Waals surface area contributed by atoms with E-state index in [-0.39, 0.29) is 5.69 Å². The van der Waals surface area contributed by atoms with E-state index in [4.69, 9.17) is 10.5 Å². The smallest absolute Gasteiger partial charge is 0.271 e. The molecule has 2 aromatic rings. The second kappa shape index (κ2) is 5.70. The summed E-state index contributed by atoms with van der Waals surface area (Å²) in [5, 5.41) is 10.2. The van der Waals surface area contributed by atoms with Crippen LogP contribution in [-0.2, 0) is 6.54 Å². The van der Waals surface area contributed by atoms with Gasteiger partial charge < -0.3 is 15.4 Å². The number of nitrogens with two attached hydrogens (primary N) is 1. The Hall–Kier alpha value is -2.41. The van der Waals surface area contributed by atoms with E-state index in [1.165, 1.54) is 0 Å². The maximum atomic E-state index is 11.3. The van der Waals surface area contributed by atoms with Crippen molar-refractivity contribution in [2.24, 2.45) is 5.73 Å². The zero-order chi connectivity index (χ0) is 14.7. The third-order valence-electron chi connectivity index (χ3n) is 2.82. The van der Waals surface area contributed by atoms with Crippen LogP contribution in [-0.4, -0.2) is 47.4 Å². The van der Waals surface area contributed by atoms with Crippen LogP contribution in [0.1, 0.15) is 16.1 Å². The molecule has 0 fully saturated rings. The fourth-order valence-electron chi connectivity index (χ4n) is 1.99. The van der Waals surface area contributed by atoms with Gasteiger partial charge in [0.15, 0.2) is 5.69 Å². The number of carbonyl (C=O) groups excluding carboxylic acids is 1. The van der Waals surface area contributed by atoms with Crippen LogP contribution in [0.4, 0.5) is 0 Å². The quantitative estimate of drug-likeness (QED) is 0.834. The van der Waals surface area contributed by atoms with Crippen LogP contribution in [0, 0.1) is 0 Å². The van der Waals surface area contributed by atoms with E-state index in [2.05, 4.69) is 15.4 Å². The Morgan fingerprint density at radius 3 is 2.75 bits per heavy atom. The summed E-state index contributed by atoms with van der Waals surface area (Å²) in [5.74, 6) is 0.172. The fraction of sp³-hybridized carbons (Fsp3) is 0.308. The number of hydrogen-bond acceptors (Lipinski definition) is 5. The Morgan fingerprint density at radius 1 is 1.40 bits per heavy atom. The van der Waals surface area contributed by atoms with Crippen molar-refractivity contribution in [1.82, 2.24) is 20.3 Å². The van der Waals surface area contributed by atoms with E-state index in [0.717, 1.165) is 16.9 Å². The van der Waals surface area contributed by atoms with E-state index >= 15 is 0 Å². The highest BCUT2D eigenvalue weighted by Crippen LogP contribution is 2.27. The molecule has 0 atom stereocenters. The summed E-state index contributed by atoms with van der Waals surface area (Å²) in [6.07, 6.45) is 0. The first-order chi connectivity index (χ1) is 9.52. The van der Waals surface area contributed by atoms with Gasteiger partial charge in [0.05, 0.1) is 7.11 Å². The van der Waals surface area contributed by atoms with Gasteiger partial charge in [0.1, 0.15) is 11.4 Å². The minimum atomic E-state index is -0.612. The van der Waals surface area contributed by atoms with Crippen LogP contribution in [0.5, 0.6) is 5.75 Å². The van der Waals surface area contributed by atoms with Crippen molar-refractivity contribution < 1.29 is 9.53 Å². The highest BCUT2D eigenvalue weighted by Gasteiger charge is 2.16. The van der Waals surface area contributed by atoms with Gasteiger partial charge in [-0.25, -0.2) is 0 Å². The first-order valence-electron chi connectivity index (χ1n) is 6.05. The summed E-state index contributed by atoms with van der Waals surface area (Å²) in [6, 6.07) is 5.58. The predicted molar refractivity (Wildman–Crippen MR) is 74.3 cm³/mol. The second-order valence-electron chi connectivity index (χ2n) is 4.65. The van der Waals surface area contributed by atoms with Gasteiger partial charge in [0, 0.05) is 17.7 Å². The Balaban J connectivity index is 2.47. The lowest BCUT2D eigenvalue weighted by atomic mass is 10.0. The molecule has 106 valence electrons. The van der Waals surface area contributed by atoms with E-state index in [1.54, 1.807) is 7.11 Å². The van der Waals surface area contributed by atoms with E-state index < -0.39 is 5.91 Å². The zero-order valence-electron chi connectivity index (χ0n) is 11.7. The fourth-order valence-corrected chi connectivity index (χ4v) is 1.99. The van der Waals surface area contributed by atoms with Crippen LogP contribution in [0.2, 0.25) is 0 Å². The minimum absolute atomic E-state index is 0.131. The normalized spacial score (nSPS) is 10.8. The number of aromatic amines is 1. The summed E-state index contributed by atoms with van der Waals surface area (Å²) in [6.45, 7) is 0.709. The van der Waals surface area contributed by atoms with E-state index in [0.29, 0.717) is 12.2 Å². The van der Waals surface area contributed by atoms with Crippen molar-refractivity contribution in [1.29, 1.82) is 0 Å². The molecular formula is C13H17N5O2. The summed E-state index contributed by atoms with van der Waals surface area (Å²) in [4.78, 5) is 13.3. The van der Waals surface area contributed by atoms with Gasteiger partial charge in [-0.15, -0.1) is 0 Å². The Bertz CT molecular complexity index is 621. The maximum Gasteiger partial charge on any atom is 0.271 e. The molecule has 0 bridgehead atoms. The average molecular weight is 275 g/mol. The molecule has 0 aliphatic rings. The second-order valence-corrected chi connectivity index (χ2v) is 4.65. The molecule has 0 spiro atoms. The number of nitrogens with zero attached hydrogens (tertiary/aromatic N) is 3. The molecule has 7 heteroatoms. The number of methoxy groups -OCH3 is 1. The number of rotatable bonds is 5. The minimum Gasteiger partial charge on any atom is -0.496 e. The zero-order valence-corrected chi connectivity index (χ0v) is 11.7. The topological polar surface area (TPSA) is 97.1 Å². The standard InChI is InChI=1S/C13H17N5O2/c1-18(2)7-9-6-8(4-5-10(9)20-3)11-12(13(14)19)16-17-15-11/h4-6H,7H2,1-3H3,(H2,14,19)(H,15,16,17). The molecular weight excluding hydrogens is 258 g/mol. The van der Waals surface area contributed by atoms with Gasteiger partial charge in [-0.1, -0.05) is 0 Å². The Kier molecular flexibility index (Phi) is 3.99. The molecule has 0 radical (unpaired) electrons. The number of amides is 1. The van der Waals surface area contributed by atoms with Crippen molar-refractivity contribution >= 4 is 5.91 Å². The van der Waals surface area contributed by atoms with E-state index in [1.807, 2.05) is 37.2 Å². The lowest BCUT2D eigenvalue weighted by molar-refractivity contribution is 0.0996. The van der Waals surface area contributed by atoms with Gasteiger partial charge in [0.2, 0.25) is 0 Å². The number of ether oxygens (including phenoxy) is 1. The summed E-state index contributed by atoms with van der Waals surface area (Å²) in [7, 11) is 5.56. The molecule has 1 aromatic carbocycles. The lowest BCUT2D eigenvalue weighted by Gasteiger charge is -2.14. The first kappa shape index (κ1) is 14.0. The summed E-state index contributed by atoms with van der Waals surface area (Å²) < 4.78 is 5.33. The molecule has 1 heterocycles. The van der Waals surface area contributed by atoms with Gasteiger partial charge >= 0.3 is 0 Å². The molecule has 2 rings (SSSR count). The molecule has 0 aliphatic heterocycles. The van der Waals surface area contributed by atoms with Crippen LogP contribution < -0.4 is 10.5 Å². The summed E-state index contributed by atoms with van der Waals surface area (Å²) >= 11 is 0. The number of nitrogens with one attached hydrogen (secondary N) is 1. The lowest BCUT2D eigenvalue weighted by Crippen LogP contribution is -2.13. The monoisotopic (exact) mass is 275 g/mol. The number of benzene rings is 1. The third-order valence-corrected chi connectivity index (χ3v) is 2.82. The molecule has 0 saturated heterocycles. The van der Waals surface area contributed by atoms with Crippen molar-refractivity contribution in [2.45, 2.75) is 6.54 Å². The number of H-pyrrole nitrogens is 1. The van der Waals surface area contributed by atoms with Crippen molar-refractivity contribution in [3.63, 3.8) is 0 Å². The molecule has 0 saturated carbocycles. The van der Waals surface area contributed by atoms with Crippen molar-refractivity contribution in [3.8, 4) is 17.0 Å². The van der Waals surface area contributed by atoms with Gasteiger partial charge in [-0.05, 0) is 32.3 Å². The van der Waals surface area contributed by atoms with Crippen molar-refractivity contribution in [2.75, 3.05) is 21.2 Å². The molecule has 1 amide bonds. The average Bonchev–Trinajstić information content (AvgIpc) is 2.87. The molecule has 0 unspecified atom stereocenters. The van der Waals surface area contributed by atoms with Crippen LogP contribution in [0.15, 0.2) is 18.2 Å². The molecule has 20 heavy (non-hydrogen) atoms. The highest BCUT2D eigenvalue weighted by atomic mass is 16.5. The summed E-state index contributed by atoms with van der Waals surface area (Å²) in [5.41, 5.74) is 7.61. The van der Waals surface area contributed by atoms with Crippen LogP contribution in [0.25, 0.3) is 11.3 Å². The molecule has 7 nitrogen and oxygen atoms in total. The third kappa shape index (κ3) is 2.77. The van der Waals surface area contributed by atoms with Gasteiger partial charge in [-0.2, -0.15) is 15.4 Å². The number of aromatic nitrogens is 3. The van der Waals surface area contributed by atoms with E-state index in [9.17, 15) is 4.79 Å². The van der Waals surface area contributed by atoms with Gasteiger partial charge in [0.25, 0.3) is 5.91 Å². The predicted octanol–water partition coefficient (Wildman–Crippen LogP) is 0.641. The highest BCUT2D eigenvalue weighted by molar-refractivity contribution is 5.96. The number of carbonyl (C=O) groups is 1. The van der Waals surface area contributed by atoms with Gasteiger partial charge in [-0.3, -0.25) is 4.79 Å². The largest absolute Gasteiger partial charge is 0.496 e. The first-order valence-corrected chi connectivity index (χ1v) is 6.05. The Morgan fingerprint density at radius 2 is 2.15 bits per heavy atom. The maximum absolute atomic E-state index is 11.3. The van der Waals surface area contributed by atoms with Crippen molar-refractivity contribution in [3.05, 3.63) is 29.5 Å². The number of primary amides is 1. The SMILES string of the molecule is COc1ccc(-c2n[nH]nc2C(N)=O)cc1CN(C)C. The Labute approximate surface area is 116 Å². The molecule has 1 aromatic heterocycles.